The van der Waals surface area contributed by atoms with E-state index in [0.29, 0.717) is 28.9 Å². The maximum atomic E-state index is 13.7. The third-order valence-corrected chi connectivity index (χ3v) is 9.30. The van der Waals surface area contributed by atoms with Gasteiger partial charge in [0, 0.05) is 36.5 Å². The fourth-order valence-corrected chi connectivity index (χ4v) is 6.72. The van der Waals surface area contributed by atoms with Gasteiger partial charge in [-0.25, -0.2) is 4.98 Å². The Balaban J connectivity index is 1.27. The van der Waals surface area contributed by atoms with E-state index in [1.54, 1.807) is 25.4 Å². The van der Waals surface area contributed by atoms with Crippen molar-refractivity contribution >= 4 is 22.9 Å². The van der Waals surface area contributed by atoms with Gasteiger partial charge >= 0.3 is 0 Å². The van der Waals surface area contributed by atoms with Gasteiger partial charge in [0.25, 0.3) is 5.91 Å². The number of pyridine rings is 1. The molecule has 1 aliphatic heterocycles. The highest BCUT2D eigenvalue weighted by Crippen LogP contribution is 2.37. The minimum absolute atomic E-state index is 0.156. The number of amides is 1. The molecule has 44 heavy (non-hydrogen) atoms. The van der Waals surface area contributed by atoms with Crippen LogP contribution in [0.4, 0.5) is 5.95 Å². The van der Waals surface area contributed by atoms with Gasteiger partial charge in [-0.15, -0.1) is 0 Å². The molecule has 0 atom stereocenters. The van der Waals surface area contributed by atoms with Gasteiger partial charge in [0.1, 0.15) is 5.75 Å². The number of carbonyl (C=O) groups excluding carboxylic acids is 1. The first-order valence-corrected chi connectivity index (χ1v) is 15.9. The summed E-state index contributed by atoms with van der Waals surface area (Å²) in [5.41, 5.74) is 5.27. The zero-order chi connectivity index (χ0) is 30.6. The van der Waals surface area contributed by atoms with E-state index in [9.17, 15) is 9.90 Å². The second kappa shape index (κ2) is 13.5. The summed E-state index contributed by atoms with van der Waals surface area (Å²) in [7, 11) is 5.89. The number of nitrogens with zero attached hydrogens (tertiary/aromatic N) is 5. The topological polar surface area (TPSA) is 95.8 Å². The Morgan fingerprint density at radius 3 is 2.55 bits per heavy atom. The highest BCUT2D eigenvalue weighted by molar-refractivity contribution is 6.04. The molecule has 0 bridgehead atoms. The zero-order valence-electron chi connectivity index (χ0n) is 26.1. The monoisotopic (exact) mass is 596 g/mol. The molecule has 1 amide bonds. The van der Waals surface area contributed by atoms with Crippen LogP contribution in [0.15, 0.2) is 60.8 Å². The Bertz CT molecular complexity index is 1580. The second-order valence-electron chi connectivity index (χ2n) is 12.5. The van der Waals surface area contributed by atoms with E-state index >= 15 is 0 Å². The highest BCUT2D eigenvalue weighted by Gasteiger charge is 2.27. The highest BCUT2D eigenvalue weighted by atomic mass is 16.5. The molecular formula is C35H44N6O3. The van der Waals surface area contributed by atoms with Crippen molar-refractivity contribution < 1.29 is 14.6 Å². The number of fused-ring (bicyclic) bond motifs is 1. The predicted octanol–water partition coefficient (Wildman–Crippen LogP) is 5.58. The van der Waals surface area contributed by atoms with Gasteiger partial charge in [-0.3, -0.25) is 15.1 Å². The number of nitrogens with one attached hydrogen (secondary N) is 1. The average molecular weight is 597 g/mol. The lowest BCUT2D eigenvalue weighted by molar-refractivity contribution is 0.102. The Hall–Kier alpha value is -3.79. The van der Waals surface area contributed by atoms with Crippen LogP contribution in [0.1, 0.15) is 66.4 Å². The Labute approximate surface area is 259 Å². The zero-order valence-corrected chi connectivity index (χ0v) is 26.1. The van der Waals surface area contributed by atoms with Crippen molar-refractivity contribution in [1.29, 1.82) is 0 Å². The SMILES string of the molecule is COc1ccccc1-c1cc(C(=O)Nc2nc3ccc(C4CCN(CCN(C)C)CC4)cc3n2C2CCC(O)CC2)ccn1. The van der Waals surface area contributed by atoms with Gasteiger partial charge in [-0.1, -0.05) is 18.2 Å². The summed E-state index contributed by atoms with van der Waals surface area (Å²) in [6.07, 6.45) is 6.85. The molecule has 1 saturated carbocycles. The van der Waals surface area contributed by atoms with Crippen molar-refractivity contribution in [1.82, 2.24) is 24.3 Å². The molecular weight excluding hydrogens is 552 g/mol. The molecule has 2 fully saturated rings. The number of methoxy groups -OCH3 is 1. The summed E-state index contributed by atoms with van der Waals surface area (Å²) in [6, 6.07) is 18.0. The summed E-state index contributed by atoms with van der Waals surface area (Å²) in [6.45, 7) is 4.42. The lowest BCUT2D eigenvalue weighted by atomic mass is 9.89. The Morgan fingerprint density at radius 1 is 1.02 bits per heavy atom. The number of aliphatic hydroxyl groups excluding tert-OH is 1. The second-order valence-corrected chi connectivity index (χ2v) is 12.5. The van der Waals surface area contributed by atoms with E-state index in [4.69, 9.17) is 9.72 Å². The number of aromatic nitrogens is 3. The van der Waals surface area contributed by atoms with Gasteiger partial charge in [-0.05, 0) is 114 Å². The number of hydrogen-bond donors (Lipinski definition) is 2. The fraction of sp³-hybridized carbons (Fsp3) is 0.457. The van der Waals surface area contributed by atoms with Crippen LogP contribution in [-0.4, -0.2) is 88.8 Å². The van der Waals surface area contributed by atoms with Crippen LogP contribution in [0.2, 0.25) is 0 Å². The lowest BCUT2D eigenvalue weighted by Gasteiger charge is -2.33. The molecule has 2 aliphatic rings. The van der Waals surface area contributed by atoms with Gasteiger partial charge in [0.2, 0.25) is 5.95 Å². The maximum Gasteiger partial charge on any atom is 0.258 e. The first-order valence-electron chi connectivity index (χ1n) is 15.9. The molecule has 1 aliphatic carbocycles. The third kappa shape index (κ3) is 6.65. The summed E-state index contributed by atoms with van der Waals surface area (Å²) in [4.78, 5) is 27.9. The van der Waals surface area contributed by atoms with Crippen LogP contribution in [0.25, 0.3) is 22.3 Å². The molecule has 1 saturated heterocycles. The number of imidazole rings is 1. The van der Waals surface area contributed by atoms with Crippen LogP contribution in [0, 0.1) is 0 Å². The molecule has 0 radical (unpaired) electrons. The molecule has 4 aromatic rings. The van der Waals surface area contributed by atoms with Gasteiger partial charge in [0.05, 0.1) is 29.9 Å². The number of likely N-dealkylation sites (tertiary alicyclic amines) is 1. The van der Waals surface area contributed by atoms with E-state index < -0.39 is 0 Å². The minimum Gasteiger partial charge on any atom is -0.496 e. The molecule has 3 heterocycles. The number of likely N-dealkylation sites (N-methyl/N-ethyl adjacent to an activating group) is 1. The first kappa shape index (κ1) is 30.2. The van der Waals surface area contributed by atoms with Crippen LogP contribution < -0.4 is 10.1 Å². The average Bonchev–Trinajstić information content (AvgIpc) is 3.41. The van der Waals surface area contributed by atoms with Crippen molar-refractivity contribution in [2.45, 2.75) is 56.6 Å². The number of piperidine rings is 1. The molecule has 6 rings (SSSR count). The largest absolute Gasteiger partial charge is 0.496 e. The van der Waals surface area contributed by atoms with Crippen LogP contribution in [0.3, 0.4) is 0 Å². The normalized spacial score (nSPS) is 19.8. The predicted molar refractivity (Wildman–Crippen MR) is 174 cm³/mol. The number of benzene rings is 2. The van der Waals surface area contributed by atoms with E-state index in [1.807, 2.05) is 24.3 Å². The molecule has 232 valence electrons. The van der Waals surface area contributed by atoms with Gasteiger partial charge in [0.15, 0.2) is 0 Å². The molecule has 2 aromatic heterocycles. The Morgan fingerprint density at radius 2 is 1.80 bits per heavy atom. The molecule has 9 heteroatoms. The smallest absolute Gasteiger partial charge is 0.258 e. The Kier molecular flexibility index (Phi) is 9.25. The van der Waals surface area contributed by atoms with Crippen molar-refractivity contribution in [2.75, 3.05) is 52.7 Å². The minimum atomic E-state index is -0.266. The van der Waals surface area contributed by atoms with Crippen molar-refractivity contribution in [3.8, 4) is 17.0 Å². The number of ether oxygens (including phenoxy) is 1. The molecule has 2 aromatic carbocycles. The maximum absolute atomic E-state index is 13.7. The summed E-state index contributed by atoms with van der Waals surface area (Å²) < 4.78 is 7.74. The number of anilines is 1. The van der Waals surface area contributed by atoms with Crippen LogP contribution in [0.5, 0.6) is 5.75 Å². The van der Waals surface area contributed by atoms with E-state index in [2.05, 4.69) is 57.0 Å². The van der Waals surface area contributed by atoms with Crippen molar-refractivity contribution in [2.24, 2.45) is 0 Å². The van der Waals surface area contributed by atoms with Crippen LogP contribution in [-0.2, 0) is 0 Å². The van der Waals surface area contributed by atoms with Gasteiger partial charge in [-0.2, -0.15) is 0 Å². The summed E-state index contributed by atoms with van der Waals surface area (Å²) in [5.74, 6) is 1.53. The quantitative estimate of drug-likeness (QED) is 0.261. The molecule has 9 nitrogen and oxygen atoms in total. The van der Waals surface area contributed by atoms with Crippen LogP contribution >= 0.6 is 0 Å². The van der Waals surface area contributed by atoms with Crippen molar-refractivity contribution in [3.05, 3.63) is 71.9 Å². The molecule has 2 N–H and O–H groups in total. The number of carbonyl (C=O) groups is 1. The number of hydrogen-bond acceptors (Lipinski definition) is 7. The summed E-state index contributed by atoms with van der Waals surface area (Å²) in [5, 5.41) is 13.4. The number of rotatable bonds is 9. The van der Waals surface area contributed by atoms with E-state index in [0.717, 1.165) is 81.3 Å². The summed E-state index contributed by atoms with van der Waals surface area (Å²) >= 11 is 0. The third-order valence-electron chi connectivity index (χ3n) is 9.30. The van der Waals surface area contributed by atoms with E-state index in [-0.39, 0.29) is 18.1 Å². The van der Waals surface area contributed by atoms with Gasteiger partial charge < -0.3 is 24.2 Å². The standard InChI is InChI=1S/C35H44N6O3/c1-39(2)20-21-40-18-15-24(16-19-40)25-8-13-30-32(23-25)41(27-9-11-28(42)12-10-27)35(37-30)38-34(43)26-14-17-36-31(22-26)29-6-4-5-7-33(29)44-3/h4-8,13-14,17,22-24,27-28,42H,9-12,15-16,18-21H2,1-3H3,(H,37,38,43). The molecule has 0 unspecified atom stereocenters. The lowest BCUT2D eigenvalue weighted by Crippen LogP contribution is -2.37. The molecule has 0 spiro atoms. The fourth-order valence-electron chi connectivity index (χ4n) is 6.72. The number of aliphatic hydroxyl groups is 1. The van der Waals surface area contributed by atoms with E-state index in [1.165, 1.54) is 5.56 Å². The number of para-hydroxylation sites is 1. The first-order chi connectivity index (χ1) is 21.4. The van der Waals surface area contributed by atoms with Crippen molar-refractivity contribution in [3.63, 3.8) is 0 Å².